The molecule has 0 spiro atoms. The standard InChI is InChI=1S/C14H21N3O2S/c1-3-4-7-19-8-5-6-15-13(18)12-9-17-11(2)10-20-14(17)16-12/h9-10H,3-8H2,1-2H3,(H,15,18). The fourth-order valence-electron chi connectivity index (χ4n) is 1.82. The average molecular weight is 295 g/mol. The van der Waals surface area contributed by atoms with Crippen molar-refractivity contribution in [1.82, 2.24) is 14.7 Å². The Labute approximate surface area is 123 Å². The second kappa shape index (κ2) is 7.40. The Morgan fingerprint density at radius 3 is 3.00 bits per heavy atom. The molecule has 1 N–H and O–H groups in total. The summed E-state index contributed by atoms with van der Waals surface area (Å²) < 4.78 is 7.38. The first-order valence-corrected chi connectivity index (χ1v) is 7.89. The van der Waals surface area contributed by atoms with Crippen molar-refractivity contribution in [3.63, 3.8) is 0 Å². The van der Waals surface area contributed by atoms with Gasteiger partial charge in [0.05, 0.1) is 0 Å². The number of nitrogens with one attached hydrogen (secondary N) is 1. The van der Waals surface area contributed by atoms with Crippen LogP contribution in [0.1, 0.15) is 42.4 Å². The summed E-state index contributed by atoms with van der Waals surface area (Å²) in [6.07, 6.45) is 4.86. The molecule has 0 aromatic carbocycles. The van der Waals surface area contributed by atoms with E-state index in [0.717, 1.165) is 36.5 Å². The highest BCUT2D eigenvalue weighted by Crippen LogP contribution is 2.15. The Morgan fingerprint density at radius 2 is 2.25 bits per heavy atom. The van der Waals surface area contributed by atoms with E-state index in [0.29, 0.717) is 18.8 Å². The van der Waals surface area contributed by atoms with Gasteiger partial charge in [0.15, 0.2) is 4.96 Å². The predicted octanol–water partition coefficient (Wildman–Crippen LogP) is 2.64. The molecule has 0 saturated heterocycles. The molecule has 2 aromatic rings. The van der Waals surface area contributed by atoms with Crippen LogP contribution in [0.3, 0.4) is 0 Å². The lowest BCUT2D eigenvalue weighted by molar-refractivity contribution is 0.0936. The molecule has 0 unspecified atom stereocenters. The fourth-order valence-corrected chi connectivity index (χ4v) is 2.67. The minimum Gasteiger partial charge on any atom is -0.381 e. The molecule has 20 heavy (non-hydrogen) atoms. The minimum absolute atomic E-state index is 0.117. The number of nitrogens with zero attached hydrogens (tertiary/aromatic N) is 2. The quantitative estimate of drug-likeness (QED) is 0.762. The lowest BCUT2D eigenvalue weighted by Gasteiger charge is -2.04. The Kier molecular flexibility index (Phi) is 5.55. The molecule has 0 bridgehead atoms. The van der Waals surface area contributed by atoms with Gasteiger partial charge in [-0.15, -0.1) is 11.3 Å². The number of carbonyl (C=O) groups excluding carboxylic acids is 1. The molecule has 2 rings (SSSR count). The third-order valence-electron chi connectivity index (χ3n) is 3.01. The van der Waals surface area contributed by atoms with Crippen LogP contribution in [0, 0.1) is 6.92 Å². The highest BCUT2D eigenvalue weighted by Gasteiger charge is 2.11. The number of imidazole rings is 1. The number of fused-ring (bicyclic) bond motifs is 1. The summed E-state index contributed by atoms with van der Waals surface area (Å²) in [5.74, 6) is -0.117. The van der Waals surface area contributed by atoms with Crippen LogP contribution in [0.25, 0.3) is 4.96 Å². The summed E-state index contributed by atoms with van der Waals surface area (Å²) in [5, 5.41) is 4.90. The van der Waals surface area contributed by atoms with E-state index in [9.17, 15) is 4.79 Å². The zero-order valence-corrected chi connectivity index (χ0v) is 12.8. The number of thiazole rings is 1. The van der Waals surface area contributed by atoms with Gasteiger partial charge in [0, 0.05) is 37.0 Å². The van der Waals surface area contributed by atoms with Crippen molar-refractivity contribution in [1.29, 1.82) is 0 Å². The van der Waals surface area contributed by atoms with Crippen molar-refractivity contribution < 1.29 is 9.53 Å². The van der Waals surface area contributed by atoms with Gasteiger partial charge in [-0.05, 0) is 19.8 Å². The van der Waals surface area contributed by atoms with Crippen molar-refractivity contribution in [3.05, 3.63) is 23.0 Å². The third kappa shape index (κ3) is 3.80. The van der Waals surface area contributed by atoms with Gasteiger partial charge in [-0.1, -0.05) is 13.3 Å². The SMILES string of the molecule is CCCCOCCCNC(=O)c1cn2c(C)csc2n1. The van der Waals surface area contributed by atoms with Gasteiger partial charge in [-0.3, -0.25) is 9.20 Å². The van der Waals surface area contributed by atoms with E-state index in [1.165, 1.54) is 0 Å². The largest absolute Gasteiger partial charge is 0.381 e. The molecule has 0 radical (unpaired) electrons. The van der Waals surface area contributed by atoms with Crippen molar-refractivity contribution >= 4 is 22.2 Å². The van der Waals surface area contributed by atoms with Crippen LogP contribution in [-0.4, -0.2) is 35.1 Å². The molecule has 0 aliphatic heterocycles. The minimum atomic E-state index is -0.117. The van der Waals surface area contributed by atoms with Crippen LogP contribution in [0.2, 0.25) is 0 Å². The number of aryl methyl sites for hydroxylation is 1. The molecule has 2 aromatic heterocycles. The van der Waals surface area contributed by atoms with Crippen molar-refractivity contribution in [2.24, 2.45) is 0 Å². The molecule has 5 nitrogen and oxygen atoms in total. The average Bonchev–Trinajstić information content (AvgIpc) is 3.00. The highest BCUT2D eigenvalue weighted by atomic mass is 32.1. The van der Waals surface area contributed by atoms with Crippen LogP contribution < -0.4 is 5.32 Å². The van der Waals surface area contributed by atoms with Crippen molar-refractivity contribution in [2.45, 2.75) is 33.1 Å². The van der Waals surface area contributed by atoms with Gasteiger partial charge in [0.2, 0.25) is 0 Å². The number of carbonyl (C=O) groups is 1. The molecular weight excluding hydrogens is 274 g/mol. The molecular formula is C14H21N3O2S. The first-order chi connectivity index (χ1) is 9.72. The van der Waals surface area contributed by atoms with Crippen LogP contribution in [-0.2, 0) is 4.74 Å². The van der Waals surface area contributed by atoms with Gasteiger partial charge >= 0.3 is 0 Å². The number of hydrogen-bond donors (Lipinski definition) is 1. The maximum atomic E-state index is 11.9. The van der Waals surface area contributed by atoms with Crippen molar-refractivity contribution in [3.8, 4) is 0 Å². The summed E-state index contributed by atoms with van der Waals surface area (Å²) in [6.45, 7) is 6.26. The zero-order chi connectivity index (χ0) is 14.4. The van der Waals surface area contributed by atoms with Crippen LogP contribution in [0.15, 0.2) is 11.6 Å². The monoisotopic (exact) mass is 295 g/mol. The van der Waals surface area contributed by atoms with Crippen LogP contribution in [0.4, 0.5) is 0 Å². The predicted molar refractivity (Wildman–Crippen MR) is 80.5 cm³/mol. The Balaban J connectivity index is 1.72. The van der Waals surface area contributed by atoms with Crippen molar-refractivity contribution in [2.75, 3.05) is 19.8 Å². The maximum Gasteiger partial charge on any atom is 0.271 e. The summed E-state index contributed by atoms with van der Waals surface area (Å²) in [5.41, 5.74) is 1.58. The lowest BCUT2D eigenvalue weighted by atomic mass is 10.3. The van der Waals surface area contributed by atoms with E-state index in [-0.39, 0.29) is 5.91 Å². The Morgan fingerprint density at radius 1 is 1.45 bits per heavy atom. The second-order valence-electron chi connectivity index (χ2n) is 4.73. The van der Waals surface area contributed by atoms with E-state index in [1.54, 1.807) is 17.5 Å². The normalized spacial score (nSPS) is 11.1. The first kappa shape index (κ1) is 15.0. The van der Waals surface area contributed by atoms with Gasteiger partial charge in [0.25, 0.3) is 5.91 Å². The van der Waals surface area contributed by atoms with Gasteiger partial charge in [-0.25, -0.2) is 4.98 Å². The molecule has 0 aliphatic carbocycles. The zero-order valence-electron chi connectivity index (χ0n) is 12.0. The first-order valence-electron chi connectivity index (χ1n) is 7.01. The fraction of sp³-hybridized carbons (Fsp3) is 0.571. The van der Waals surface area contributed by atoms with E-state index < -0.39 is 0 Å². The molecule has 0 aliphatic rings. The molecule has 0 fully saturated rings. The summed E-state index contributed by atoms with van der Waals surface area (Å²) >= 11 is 1.54. The molecule has 2 heterocycles. The number of aromatic nitrogens is 2. The second-order valence-corrected chi connectivity index (χ2v) is 5.57. The Bertz CT molecular complexity index is 562. The maximum absolute atomic E-state index is 11.9. The smallest absolute Gasteiger partial charge is 0.271 e. The molecule has 0 saturated carbocycles. The molecule has 110 valence electrons. The van der Waals surface area contributed by atoms with E-state index in [1.807, 2.05) is 16.7 Å². The summed E-state index contributed by atoms with van der Waals surface area (Å²) in [4.78, 5) is 17.1. The topological polar surface area (TPSA) is 55.6 Å². The lowest BCUT2D eigenvalue weighted by Crippen LogP contribution is -2.25. The molecule has 6 heteroatoms. The van der Waals surface area contributed by atoms with Crippen LogP contribution >= 0.6 is 11.3 Å². The van der Waals surface area contributed by atoms with E-state index in [4.69, 9.17) is 4.74 Å². The number of rotatable bonds is 8. The van der Waals surface area contributed by atoms with Crippen LogP contribution in [0.5, 0.6) is 0 Å². The third-order valence-corrected chi connectivity index (χ3v) is 3.97. The summed E-state index contributed by atoms with van der Waals surface area (Å²) in [6, 6.07) is 0. The van der Waals surface area contributed by atoms with Gasteiger partial charge < -0.3 is 10.1 Å². The summed E-state index contributed by atoms with van der Waals surface area (Å²) in [7, 11) is 0. The molecule has 1 amide bonds. The van der Waals surface area contributed by atoms with Gasteiger partial charge in [-0.2, -0.15) is 0 Å². The number of amides is 1. The van der Waals surface area contributed by atoms with E-state index in [2.05, 4.69) is 17.2 Å². The van der Waals surface area contributed by atoms with E-state index >= 15 is 0 Å². The molecule has 0 atom stereocenters. The highest BCUT2D eigenvalue weighted by molar-refractivity contribution is 7.15. The number of hydrogen-bond acceptors (Lipinski definition) is 4. The number of unbranched alkanes of at least 4 members (excludes halogenated alkanes) is 1. The van der Waals surface area contributed by atoms with Gasteiger partial charge in [0.1, 0.15) is 5.69 Å². The Hall–Kier alpha value is -1.40. The number of ether oxygens (including phenoxy) is 1.